The van der Waals surface area contributed by atoms with Gasteiger partial charge in [0.2, 0.25) is 0 Å². The minimum Gasteiger partial charge on any atom is -0.648 e. The highest BCUT2D eigenvalue weighted by Gasteiger charge is 2.51. The second kappa shape index (κ2) is 11.1. The molecule has 206 valence electrons. The Hall–Kier alpha value is -1.79. The molecule has 0 amide bonds. The average Bonchev–Trinajstić information content (AvgIpc) is 3.26. The van der Waals surface area contributed by atoms with Crippen molar-refractivity contribution in [2.45, 2.75) is 38.4 Å². The molecule has 6 atom stereocenters. The highest BCUT2D eigenvalue weighted by molar-refractivity contribution is 8.35. The minimum atomic E-state index is -5.64. The van der Waals surface area contributed by atoms with Crippen molar-refractivity contribution in [2.24, 2.45) is 0 Å². The number of nitrogens with two attached hydrogens (primary N) is 1. The molecule has 0 spiro atoms. The van der Waals surface area contributed by atoms with Crippen molar-refractivity contribution >= 4 is 64.0 Å². The number of phosphoric acid groups is 2. The zero-order chi connectivity index (χ0) is 27.8. The first-order valence-electron chi connectivity index (χ1n) is 9.67. The van der Waals surface area contributed by atoms with E-state index in [1.54, 1.807) is 0 Å². The van der Waals surface area contributed by atoms with E-state index in [0.717, 1.165) is 20.2 Å². The quantitative estimate of drug-likeness (QED) is 0.143. The predicted molar refractivity (Wildman–Crippen MR) is 119 cm³/mol. The number of carbonyl (C=O) groups excluding carboxylic acids is 2. The molecule has 23 heteroatoms. The Kier molecular flexibility index (Phi) is 8.96. The van der Waals surface area contributed by atoms with Crippen molar-refractivity contribution in [1.82, 2.24) is 19.5 Å². The van der Waals surface area contributed by atoms with Crippen LogP contribution in [-0.2, 0) is 58.3 Å². The van der Waals surface area contributed by atoms with Crippen LogP contribution in [0.3, 0.4) is 0 Å². The normalized spacial score (nSPS) is 25.4. The molecule has 5 N–H and O–H groups in total. The van der Waals surface area contributed by atoms with Gasteiger partial charge in [-0.1, -0.05) is 0 Å². The molecule has 3 heterocycles. The first kappa shape index (κ1) is 29.8. The van der Waals surface area contributed by atoms with Crippen LogP contribution in [0.25, 0.3) is 11.2 Å². The topological polar surface area (TPSA) is 277 Å². The fourth-order valence-corrected chi connectivity index (χ4v) is 7.17. The molecule has 37 heavy (non-hydrogen) atoms. The van der Waals surface area contributed by atoms with Gasteiger partial charge in [-0.05, 0) is 0 Å². The maximum absolute atomic E-state index is 12.4. The lowest BCUT2D eigenvalue weighted by Crippen LogP contribution is -2.40. The minimum absolute atomic E-state index is 0.0253. The molecular weight excluding hydrogens is 587 g/mol. The fraction of sp³-hybridized carbons (Fsp3) is 0.500. The molecule has 0 aliphatic carbocycles. The molecule has 0 aromatic carbocycles. The van der Waals surface area contributed by atoms with Gasteiger partial charge < -0.3 is 51.8 Å². The van der Waals surface area contributed by atoms with Gasteiger partial charge in [0.1, 0.15) is 31.7 Å². The van der Waals surface area contributed by atoms with E-state index in [4.69, 9.17) is 34.3 Å². The summed E-state index contributed by atoms with van der Waals surface area (Å²) in [7, 11) is -16.1. The number of rotatable bonds is 10. The van der Waals surface area contributed by atoms with Gasteiger partial charge in [0, 0.05) is 13.8 Å². The molecule has 0 saturated carbocycles. The van der Waals surface area contributed by atoms with Crippen molar-refractivity contribution in [3.8, 4) is 0 Å². The van der Waals surface area contributed by atoms with Gasteiger partial charge in [0.25, 0.3) is 0 Å². The van der Waals surface area contributed by atoms with Gasteiger partial charge in [-0.2, -0.15) is 4.31 Å². The number of anilines is 1. The van der Waals surface area contributed by atoms with E-state index in [0.29, 0.717) is 0 Å². The third-order valence-electron chi connectivity index (χ3n) is 4.36. The Balaban J connectivity index is 1.88. The third-order valence-corrected chi connectivity index (χ3v) is 9.04. The number of nitrogen functional groups attached to an aromatic ring is 1. The van der Waals surface area contributed by atoms with Crippen LogP contribution in [0.1, 0.15) is 20.1 Å². The summed E-state index contributed by atoms with van der Waals surface area (Å²) in [6.07, 6.45) is -3.06. The molecular formula is C14H19N5O14P3S-. The van der Waals surface area contributed by atoms with Crippen LogP contribution >= 0.6 is 22.8 Å². The van der Waals surface area contributed by atoms with E-state index in [-0.39, 0.29) is 17.0 Å². The first-order chi connectivity index (χ1) is 17.0. The van der Waals surface area contributed by atoms with Gasteiger partial charge in [-0.25, -0.2) is 28.6 Å². The van der Waals surface area contributed by atoms with E-state index in [1.165, 1.54) is 10.9 Å². The zero-order valence-electron chi connectivity index (χ0n) is 18.6. The smallest absolute Gasteiger partial charge is 0.515 e. The number of carbonyl (C=O) groups is 2. The Bertz CT molecular complexity index is 1270. The van der Waals surface area contributed by atoms with Gasteiger partial charge in [0.15, 0.2) is 29.9 Å². The SMILES string of the molecule is CC(=O)O[C@@H]1[C@H](OC(C)=O)[C@@H](CO[P+]([O-])([S-])OP(=O)(O)OP(=O)(O)O)O[C@H]1n1cnc2c(N)ncnc21. The van der Waals surface area contributed by atoms with E-state index in [1.807, 2.05) is 0 Å². The van der Waals surface area contributed by atoms with Crippen molar-refractivity contribution in [2.75, 3.05) is 12.3 Å². The van der Waals surface area contributed by atoms with E-state index < -0.39 is 65.9 Å². The Morgan fingerprint density at radius 3 is 2.41 bits per heavy atom. The van der Waals surface area contributed by atoms with Crippen molar-refractivity contribution in [3.63, 3.8) is 0 Å². The Morgan fingerprint density at radius 2 is 1.81 bits per heavy atom. The van der Waals surface area contributed by atoms with E-state index in [2.05, 4.69) is 35.8 Å². The number of esters is 2. The predicted octanol–water partition coefficient (Wildman–Crippen LogP) is -1.00. The average molecular weight is 606 g/mol. The van der Waals surface area contributed by atoms with Crippen LogP contribution in [-0.4, -0.2) is 71.1 Å². The number of fused-ring (bicyclic) bond motifs is 1. The van der Waals surface area contributed by atoms with Crippen LogP contribution in [0.5, 0.6) is 0 Å². The van der Waals surface area contributed by atoms with E-state index in [9.17, 15) is 28.5 Å². The summed E-state index contributed by atoms with van der Waals surface area (Å²) < 4.78 is 52.6. The second-order valence-corrected chi connectivity index (χ2v) is 12.9. The standard InChI is InChI=1S/C14H20N5O14P3S/c1-6(20)29-10-8(3-28-36(27,37)33-35(25,26)32-34(22,23)24)31-14(11(10)30-7(2)21)19-5-18-9-12(15)16-4-17-13(9)19/h4-5,8,10-11,14H,3H2,1-2H3,(H,25,26)(H,27,37)(H2,15,16,17)(H2,22,23,24)/p-1/t8-,10-,11-,14-,36?/m1/s1. The summed E-state index contributed by atoms with van der Waals surface area (Å²) in [6.45, 7) is 1.26. The Labute approximate surface area is 212 Å². The van der Waals surface area contributed by atoms with Crippen LogP contribution in [0, 0.1) is 0 Å². The molecule has 1 aliphatic rings. The lowest BCUT2D eigenvalue weighted by Gasteiger charge is -2.33. The molecule has 1 fully saturated rings. The van der Waals surface area contributed by atoms with Crippen LogP contribution in [0.4, 0.5) is 5.82 Å². The largest absolute Gasteiger partial charge is 0.648 e. The molecule has 2 aromatic heterocycles. The summed E-state index contributed by atoms with van der Waals surface area (Å²) >= 11 is 4.48. The summed E-state index contributed by atoms with van der Waals surface area (Å²) in [5.41, 5.74) is 6.10. The third kappa shape index (κ3) is 7.86. The van der Waals surface area contributed by atoms with E-state index >= 15 is 0 Å². The number of aromatic nitrogens is 4. The van der Waals surface area contributed by atoms with Gasteiger partial charge in [-0.15, -0.1) is 4.31 Å². The van der Waals surface area contributed by atoms with Gasteiger partial charge >= 0.3 is 27.6 Å². The summed E-state index contributed by atoms with van der Waals surface area (Å²) in [5.74, 6) is -1.62. The lowest BCUT2D eigenvalue weighted by molar-refractivity contribution is -0.205. The maximum atomic E-state index is 12.4. The van der Waals surface area contributed by atoms with Crippen LogP contribution in [0.15, 0.2) is 12.7 Å². The fourth-order valence-electron chi connectivity index (χ4n) is 3.24. The van der Waals surface area contributed by atoms with Crippen molar-refractivity contribution in [3.05, 3.63) is 12.7 Å². The van der Waals surface area contributed by atoms with Crippen molar-refractivity contribution < 1.29 is 65.6 Å². The maximum Gasteiger partial charge on any atom is 0.515 e. The number of imidazole rings is 1. The van der Waals surface area contributed by atoms with Gasteiger partial charge in [-0.3, -0.25) is 14.2 Å². The number of nitrogens with zero attached hydrogens (tertiary/aromatic N) is 4. The lowest BCUT2D eigenvalue weighted by atomic mass is 10.1. The highest BCUT2D eigenvalue weighted by Crippen LogP contribution is 2.68. The molecule has 2 aromatic rings. The monoisotopic (exact) mass is 606 g/mol. The van der Waals surface area contributed by atoms with Gasteiger partial charge in [0.05, 0.1) is 6.33 Å². The Morgan fingerprint density at radius 1 is 1.19 bits per heavy atom. The summed E-state index contributed by atoms with van der Waals surface area (Å²) in [4.78, 5) is 74.6. The molecule has 0 bridgehead atoms. The molecule has 0 radical (unpaired) electrons. The van der Waals surface area contributed by atoms with Crippen LogP contribution in [0.2, 0.25) is 0 Å². The molecule has 2 unspecified atom stereocenters. The zero-order valence-corrected chi connectivity index (χ0v) is 22.1. The molecule has 1 saturated heterocycles. The number of hydrogen-bond acceptors (Lipinski definition) is 16. The highest BCUT2D eigenvalue weighted by atomic mass is 32.7. The first-order valence-corrected chi connectivity index (χ1v) is 15.3. The van der Waals surface area contributed by atoms with Crippen molar-refractivity contribution in [1.29, 1.82) is 0 Å². The number of ether oxygens (including phenoxy) is 3. The van der Waals surface area contributed by atoms with Crippen LogP contribution < -0.4 is 10.6 Å². The molecule has 1 aliphatic heterocycles. The summed E-state index contributed by atoms with van der Waals surface area (Å²) in [5, 5.41) is 0. The second-order valence-electron chi connectivity index (χ2n) is 7.16. The number of hydrogen-bond donors (Lipinski definition) is 4. The molecule has 19 nitrogen and oxygen atoms in total. The molecule has 3 rings (SSSR count). The summed E-state index contributed by atoms with van der Waals surface area (Å²) in [6, 6.07) is 0.